The molecular formula is C36H42O6. The van der Waals surface area contributed by atoms with Crippen LogP contribution in [0.15, 0.2) is 0 Å². The van der Waals surface area contributed by atoms with Crippen molar-refractivity contribution >= 4 is 0 Å². The van der Waals surface area contributed by atoms with Crippen molar-refractivity contribution in [1.29, 1.82) is 0 Å². The molecule has 0 atom stereocenters. The Morgan fingerprint density at radius 2 is 0.357 bits per heavy atom. The van der Waals surface area contributed by atoms with Crippen molar-refractivity contribution < 1.29 is 30.6 Å². The summed E-state index contributed by atoms with van der Waals surface area (Å²) >= 11 is 0. The lowest BCUT2D eigenvalue weighted by molar-refractivity contribution is 0.143. The molecule has 0 aliphatic rings. The summed E-state index contributed by atoms with van der Waals surface area (Å²) in [6.45, 7) is 18.0. The highest BCUT2D eigenvalue weighted by molar-refractivity contribution is 5.77. The molecule has 0 heterocycles. The van der Waals surface area contributed by atoms with Crippen molar-refractivity contribution in [3.05, 3.63) is 33.4 Å². The first kappa shape index (κ1) is 36.4. The van der Waals surface area contributed by atoms with Crippen LogP contribution in [0.2, 0.25) is 0 Å². The number of aliphatic hydroxyl groups is 6. The van der Waals surface area contributed by atoms with Crippen LogP contribution in [0.1, 0.15) is 116 Å². The molecule has 0 bridgehead atoms. The minimum atomic E-state index is -1.43. The fourth-order valence-corrected chi connectivity index (χ4v) is 2.79. The fourth-order valence-electron chi connectivity index (χ4n) is 2.79. The van der Waals surface area contributed by atoms with Gasteiger partial charge in [-0.05, 0) is 83.1 Å². The molecular weight excluding hydrogens is 528 g/mol. The summed E-state index contributed by atoms with van der Waals surface area (Å²) in [6, 6.07) is 0. The molecule has 0 fully saturated rings. The molecule has 0 unspecified atom stereocenters. The summed E-state index contributed by atoms with van der Waals surface area (Å²) < 4.78 is 0. The van der Waals surface area contributed by atoms with Gasteiger partial charge < -0.3 is 30.6 Å². The molecule has 6 nitrogen and oxygen atoms in total. The number of rotatable bonds is 0. The van der Waals surface area contributed by atoms with Gasteiger partial charge >= 0.3 is 0 Å². The minimum Gasteiger partial charge on any atom is -0.378 e. The van der Waals surface area contributed by atoms with Crippen molar-refractivity contribution in [1.82, 2.24) is 0 Å². The van der Waals surface area contributed by atoms with E-state index in [-0.39, 0.29) is 33.4 Å². The van der Waals surface area contributed by atoms with Gasteiger partial charge in [0.2, 0.25) is 0 Å². The van der Waals surface area contributed by atoms with E-state index in [1.54, 1.807) is 0 Å². The molecule has 0 radical (unpaired) electrons. The molecule has 0 saturated carbocycles. The normalized spacial score (nSPS) is 11.9. The second-order valence-electron chi connectivity index (χ2n) is 13.1. The van der Waals surface area contributed by atoms with Crippen LogP contribution in [0.3, 0.4) is 0 Å². The second-order valence-corrected chi connectivity index (χ2v) is 13.1. The van der Waals surface area contributed by atoms with Gasteiger partial charge in [0.1, 0.15) is 33.6 Å². The van der Waals surface area contributed by atoms with E-state index in [0.717, 1.165) is 0 Å². The lowest BCUT2D eigenvalue weighted by Crippen LogP contribution is -2.18. The molecule has 42 heavy (non-hydrogen) atoms. The number of hydrogen-bond acceptors (Lipinski definition) is 6. The highest BCUT2D eigenvalue weighted by Crippen LogP contribution is 2.28. The first-order chi connectivity index (χ1) is 18.6. The summed E-state index contributed by atoms with van der Waals surface area (Å²) in [7, 11) is 0. The third-order valence-electron chi connectivity index (χ3n) is 4.46. The van der Waals surface area contributed by atoms with E-state index in [1.165, 1.54) is 83.1 Å². The zero-order chi connectivity index (χ0) is 32.9. The molecule has 222 valence electrons. The predicted molar refractivity (Wildman–Crippen MR) is 165 cm³/mol. The largest absolute Gasteiger partial charge is 0.378 e. The molecule has 0 aliphatic carbocycles. The highest BCUT2D eigenvalue weighted by Gasteiger charge is 2.23. The zero-order valence-electron chi connectivity index (χ0n) is 26.7. The predicted octanol–water partition coefficient (Wildman–Crippen LogP) is 2.42. The third-order valence-corrected chi connectivity index (χ3v) is 4.46. The molecule has 0 saturated heterocycles. The van der Waals surface area contributed by atoms with E-state index < -0.39 is 33.6 Å². The van der Waals surface area contributed by atoms with Crippen molar-refractivity contribution in [2.45, 2.75) is 117 Å². The summed E-state index contributed by atoms with van der Waals surface area (Å²) in [5.74, 6) is 34.2. The van der Waals surface area contributed by atoms with Crippen LogP contribution in [0, 0.1) is 71.0 Å². The van der Waals surface area contributed by atoms with Crippen molar-refractivity contribution in [3.8, 4) is 71.0 Å². The smallest absolute Gasteiger partial charge is 0.120 e. The molecule has 0 amide bonds. The van der Waals surface area contributed by atoms with Crippen LogP contribution in [0.25, 0.3) is 0 Å². The molecule has 0 aliphatic heterocycles. The van der Waals surface area contributed by atoms with Gasteiger partial charge in [0, 0.05) is 0 Å². The van der Waals surface area contributed by atoms with E-state index >= 15 is 0 Å². The van der Waals surface area contributed by atoms with E-state index in [0.29, 0.717) is 0 Å². The van der Waals surface area contributed by atoms with Gasteiger partial charge in [-0.2, -0.15) is 0 Å². The molecule has 1 rings (SSSR count). The SMILES string of the molecule is CC(C)(O)C#Cc1c(C#CC(C)(C)O)c(C#CC(C)(C)O)c(C#CC(C)(C)O)c(C#CC(C)(C)O)c1C#CC(C)(C)O. The molecule has 6 heteroatoms. The first-order valence-electron chi connectivity index (χ1n) is 13.3. The van der Waals surface area contributed by atoms with Crippen LogP contribution in [0.4, 0.5) is 0 Å². The average molecular weight is 571 g/mol. The lowest BCUT2D eigenvalue weighted by atomic mass is 9.85. The van der Waals surface area contributed by atoms with Gasteiger partial charge in [-0.3, -0.25) is 0 Å². The first-order valence-corrected chi connectivity index (χ1v) is 13.3. The third kappa shape index (κ3) is 14.3. The summed E-state index contributed by atoms with van der Waals surface area (Å²) in [4.78, 5) is 0. The van der Waals surface area contributed by atoms with Gasteiger partial charge in [0.05, 0.1) is 33.4 Å². The average Bonchev–Trinajstić information content (AvgIpc) is 2.72. The second kappa shape index (κ2) is 12.7. The maximum atomic E-state index is 10.5. The Morgan fingerprint density at radius 1 is 0.262 bits per heavy atom. The van der Waals surface area contributed by atoms with E-state index in [4.69, 9.17) is 0 Å². The Kier molecular flexibility index (Phi) is 11.0. The zero-order valence-corrected chi connectivity index (χ0v) is 26.7. The topological polar surface area (TPSA) is 121 Å². The quantitative estimate of drug-likeness (QED) is 0.267. The fraction of sp³-hybridized carbons (Fsp3) is 0.500. The Morgan fingerprint density at radius 3 is 0.429 bits per heavy atom. The monoisotopic (exact) mass is 570 g/mol. The van der Waals surface area contributed by atoms with Gasteiger partial charge in [-0.25, -0.2) is 0 Å². The van der Waals surface area contributed by atoms with E-state index in [1.807, 2.05) is 0 Å². The van der Waals surface area contributed by atoms with Crippen molar-refractivity contribution in [2.24, 2.45) is 0 Å². The highest BCUT2D eigenvalue weighted by atomic mass is 16.3. The molecule has 6 N–H and O–H groups in total. The van der Waals surface area contributed by atoms with E-state index in [9.17, 15) is 30.6 Å². The van der Waals surface area contributed by atoms with Crippen LogP contribution in [-0.2, 0) is 0 Å². The van der Waals surface area contributed by atoms with Crippen molar-refractivity contribution in [2.75, 3.05) is 0 Å². The van der Waals surface area contributed by atoms with Gasteiger partial charge in [0.15, 0.2) is 0 Å². The van der Waals surface area contributed by atoms with Crippen LogP contribution < -0.4 is 0 Å². The van der Waals surface area contributed by atoms with Crippen molar-refractivity contribution in [3.63, 3.8) is 0 Å². The van der Waals surface area contributed by atoms with E-state index in [2.05, 4.69) is 71.0 Å². The van der Waals surface area contributed by atoms with Gasteiger partial charge in [-0.1, -0.05) is 71.0 Å². The summed E-state index contributed by atoms with van der Waals surface area (Å²) in [5, 5.41) is 62.8. The van der Waals surface area contributed by atoms with Crippen LogP contribution >= 0.6 is 0 Å². The Labute approximate surface area is 251 Å². The maximum absolute atomic E-state index is 10.5. The molecule has 0 aromatic heterocycles. The molecule has 1 aromatic carbocycles. The van der Waals surface area contributed by atoms with Gasteiger partial charge in [-0.15, -0.1) is 0 Å². The minimum absolute atomic E-state index is 0.180. The Bertz CT molecular complexity index is 1240. The maximum Gasteiger partial charge on any atom is 0.120 e. The number of hydrogen-bond donors (Lipinski definition) is 6. The summed E-state index contributed by atoms with van der Waals surface area (Å²) in [5.41, 5.74) is -7.51. The van der Waals surface area contributed by atoms with Crippen LogP contribution in [0.5, 0.6) is 0 Å². The molecule has 0 spiro atoms. The Hall–Kier alpha value is -3.66. The Balaban J connectivity index is 4.97. The summed E-state index contributed by atoms with van der Waals surface area (Å²) in [6.07, 6.45) is 0. The lowest BCUT2D eigenvalue weighted by Gasteiger charge is -2.16. The number of benzene rings is 1. The standard InChI is InChI=1S/C36H42O6/c1-31(2,37)19-13-25-26(14-20-32(3,4)38)28(16-22-34(7,8)40)30(18-24-36(11,12)42)29(17-23-35(9,10)41)27(25)15-21-33(5,6)39/h37-42H,1-12H3. The molecule has 1 aromatic rings. The van der Waals surface area contributed by atoms with Crippen LogP contribution in [-0.4, -0.2) is 64.2 Å². The van der Waals surface area contributed by atoms with Gasteiger partial charge in [0.25, 0.3) is 0 Å².